The molecule has 722 valence electrons. The summed E-state index contributed by atoms with van der Waals surface area (Å²) >= 11 is 14.8. The number of unbranched alkanes of at least 4 members (excludes halogenated alkanes) is 5. The summed E-state index contributed by atoms with van der Waals surface area (Å²) in [4.78, 5) is 153. The van der Waals surface area contributed by atoms with E-state index in [1.807, 2.05) is 13.8 Å². The van der Waals surface area contributed by atoms with Crippen LogP contribution in [0.2, 0.25) is 10.0 Å². The predicted molar refractivity (Wildman–Crippen MR) is 465 cm³/mol. The molecule has 7 aromatic rings. The number of carboxylic acids is 1. The van der Waals surface area contributed by atoms with Crippen molar-refractivity contribution >= 4 is 82.3 Å². The van der Waals surface area contributed by atoms with Gasteiger partial charge in [-0.15, -0.1) is 0 Å². The first-order valence-electron chi connectivity index (χ1n) is 43.2. The first-order valence-corrected chi connectivity index (χ1v) is 43.9. The Morgan fingerprint density at radius 3 is 1.75 bits per heavy atom. The number of fused-ring (bicyclic) bond motifs is 14. The van der Waals surface area contributed by atoms with Crippen molar-refractivity contribution in [1.29, 1.82) is 0 Å². The Kier molecular flexibility index (Phi) is 30.7. The van der Waals surface area contributed by atoms with Gasteiger partial charge in [-0.2, -0.15) is 0 Å². The van der Waals surface area contributed by atoms with Crippen molar-refractivity contribution in [3.63, 3.8) is 0 Å². The number of aromatic hydroxyl groups is 4. The van der Waals surface area contributed by atoms with Crippen LogP contribution in [0.1, 0.15) is 147 Å². The third-order valence-corrected chi connectivity index (χ3v) is 24.4. The van der Waals surface area contributed by atoms with Gasteiger partial charge in [0.2, 0.25) is 65.6 Å². The van der Waals surface area contributed by atoms with Crippen LogP contribution in [0.3, 0.4) is 0 Å². The lowest BCUT2D eigenvalue weighted by atomic mass is 9.89. The Hall–Kier alpha value is -12.5. The fraction of sp³-hybridized carbons (Fsp3) is 0.422. The van der Waals surface area contributed by atoms with Gasteiger partial charge in [0.15, 0.2) is 41.4 Å². The van der Waals surface area contributed by atoms with Crippen LogP contribution in [0, 0.1) is 0 Å². The lowest BCUT2D eigenvalue weighted by Crippen LogP contribution is -2.67. The molecule has 135 heavy (non-hydrogen) atoms. The van der Waals surface area contributed by atoms with E-state index in [-0.39, 0.29) is 46.4 Å². The van der Waals surface area contributed by atoms with E-state index in [1.165, 1.54) is 30.3 Å². The van der Waals surface area contributed by atoms with Crippen molar-refractivity contribution in [3.8, 4) is 80.1 Å². The molecule has 3 saturated heterocycles. The highest BCUT2D eigenvalue weighted by Crippen LogP contribution is 2.51. The van der Waals surface area contributed by atoms with Crippen molar-refractivity contribution in [2.75, 3.05) is 19.8 Å². The number of halogens is 2. The van der Waals surface area contributed by atoms with Crippen molar-refractivity contribution in [2.24, 2.45) is 5.73 Å². The number of nitrogens with one attached hydrogen (secondary N) is 9. The Morgan fingerprint density at radius 1 is 0.504 bits per heavy atom. The molecule has 23 atom stereocenters. The predicted octanol–water partition coefficient (Wildman–Crippen LogP) is 1.31. The normalized spacial score (nSPS) is 28.4. The number of carbonyl (C=O) groups excluding carboxylic acids is 9. The number of hydrogen-bond donors (Lipinski definition) is 24. The van der Waals surface area contributed by atoms with Gasteiger partial charge < -0.3 is 168 Å². The number of aliphatic hydroxyl groups is 9. The second kappa shape index (κ2) is 42.2. The molecule has 9 amide bonds. The molecule has 25 N–H and O–H groups in total. The molecule has 0 aliphatic carbocycles. The first-order chi connectivity index (χ1) is 64.4. The number of ether oxygens (including phenoxy) is 9. The number of rotatable bonds is 21. The zero-order valence-electron chi connectivity index (χ0n) is 72.1. The maximum Gasteiger partial charge on any atom is 0.330 e. The standard InChI is InChI=1S/C90H100Cl2N10O33/c1-4-6-8-10-20-94-86(124)79-75(116)73(114)68(97-60(110)11-9-7-5-2)89(135-79)134-78-56-28-41-29-57(78)129-53-19-15-39(26-48(53)92)77(133-88-67(95-35(3)105)72(113)70(111)58(33-103)131-88)69-85(123)101-66(87(125)126)46-31-43(107)32-55(130-90-76(117)74(115)71(112)59(34-104)132-90)61(46)45-25-38(14-16-50(45)108)63(82(120)102-69)99-84(122)65(41)100-83(121)64-40-23-42(106)30-44(24-40)127-54-27-37(13-17-51(54)109)62(93)81(119)96-49(80(118)98-64)22-36-12-18-52(128-56)47(91)21-36/h12-19,21,23-32,49,58-59,62-77,79,88-90,103-104,106-109,111-117H,4-11,20,22,33-34,93H2,1-3H3,(H,94,124)(H,95,105)(H,96,119)(H,97,110)(H,98,118)(H,99,122)(H,100,121)(H,101,123)(H,102,120)(H,125,126)/t49-,58-,59-,62-,63-,64+,65-,66+,67-,68-,69+,70-,71-,72-,73-,74+,75+,76+,77-,79+,88+,89-,90+/m1/s1. The number of aliphatic carboxylic acids is 1. The third-order valence-electron chi connectivity index (χ3n) is 23.8. The van der Waals surface area contributed by atoms with Crippen LogP contribution in [0.4, 0.5) is 0 Å². The third kappa shape index (κ3) is 21.6. The smallest absolute Gasteiger partial charge is 0.330 e. The number of phenols is 4. The monoisotopic (exact) mass is 1920 g/mol. The summed E-state index contributed by atoms with van der Waals surface area (Å²) in [6.45, 7) is 2.71. The highest BCUT2D eigenvalue weighted by atomic mass is 35.5. The Bertz CT molecular complexity index is 5680. The second-order valence-electron chi connectivity index (χ2n) is 33.3. The maximum atomic E-state index is 17.1. The van der Waals surface area contributed by atoms with Gasteiger partial charge >= 0.3 is 5.97 Å². The van der Waals surface area contributed by atoms with Crippen LogP contribution in [0.25, 0.3) is 11.1 Å². The van der Waals surface area contributed by atoms with Gasteiger partial charge in [-0.3, -0.25) is 43.2 Å². The van der Waals surface area contributed by atoms with Gasteiger partial charge in [0.25, 0.3) is 5.91 Å². The zero-order valence-corrected chi connectivity index (χ0v) is 73.6. The van der Waals surface area contributed by atoms with Crippen LogP contribution in [-0.4, -0.2) is 254 Å². The van der Waals surface area contributed by atoms with Crippen LogP contribution in [-0.2, 0) is 73.3 Å². The molecule has 0 aromatic heterocycles. The molecular formula is C90H100Cl2N10O33. The summed E-state index contributed by atoms with van der Waals surface area (Å²) in [5.74, 6) is -20.8. The lowest BCUT2D eigenvalue weighted by Gasteiger charge is -2.44. The number of aliphatic hydroxyl groups excluding tert-OH is 9. The molecule has 0 saturated carbocycles. The highest BCUT2D eigenvalue weighted by molar-refractivity contribution is 6.32. The minimum Gasteiger partial charge on any atom is -0.508 e. The highest BCUT2D eigenvalue weighted by Gasteiger charge is 2.53. The van der Waals surface area contributed by atoms with Gasteiger partial charge in [-0.05, 0) is 125 Å². The SMILES string of the molecule is CCCCCCNC(=O)[C@H]1O[C@@H](Oc2c3cc4cc2Oc2ccc(cc2Cl)[C@@H](O[C@@H]2O[C@H](CO)[C@@H](O)[C@H](O)[C@H]2NC(C)=O)[C@@H]2NC(=O)[C@H](NC(=O)[C@@H]4NC(=O)[C@H]4NC(=O)[C@@H](Cc5ccc(c(Cl)c5)O3)NC(=O)[C@H](N)c3ccc(O)c(c3)Oc3cc(O)cc4c3)c3ccc(O)c(c3)-c3c(O[C@H]4O[C@H](CO)[C@@H](O)[C@H](O)[C@@H]4O)cc(O)cc3[C@@H](C(=O)O)NC2=O)[C@H](NC(=O)CCCCC)[C@@H](O)[C@@H]1O. The molecule has 0 radical (unpaired) electrons. The number of phenolic OH excluding ortho intramolecular Hbond substituents is 4. The summed E-state index contributed by atoms with van der Waals surface area (Å²) < 4.78 is 57.9. The fourth-order valence-electron chi connectivity index (χ4n) is 16.7. The molecular weight excluding hydrogens is 1820 g/mol. The summed E-state index contributed by atoms with van der Waals surface area (Å²) in [6.07, 6.45) is -26.0. The van der Waals surface area contributed by atoms with E-state index in [0.717, 1.165) is 105 Å². The van der Waals surface area contributed by atoms with Crippen molar-refractivity contribution in [1.82, 2.24) is 47.9 Å². The fourth-order valence-corrected chi connectivity index (χ4v) is 17.1. The minimum absolute atomic E-state index is 0.0216. The maximum absolute atomic E-state index is 17.1. The van der Waals surface area contributed by atoms with Crippen LogP contribution in [0.15, 0.2) is 115 Å². The number of carboxylic acid groups (broad SMARTS) is 1. The molecule has 0 unspecified atom stereocenters. The van der Waals surface area contributed by atoms with E-state index in [0.29, 0.717) is 32.1 Å². The Morgan fingerprint density at radius 2 is 1.09 bits per heavy atom. The van der Waals surface area contributed by atoms with Gasteiger partial charge in [-0.1, -0.05) is 93.4 Å². The zero-order chi connectivity index (χ0) is 97.0. The molecule has 9 aliphatic heterocycles. The van der Waals surface area contributed by atoms with Gasteiger partial charge in [0, 0.05) is 55.1 Å². The first kappa shape index (κ1) is 98.5. The summed E-state index contributed by atoms with van der Waals surface area (Å²) in [7, 11) is 0. The molecule has 45 heteroatoms. The Labute approximate surface area is 777 Å². The van der Waals surface area contributed by atoms with E-state index in [9.17, 15) is 95.5 Å². The van der Waals surface area contributed by atoms with Gasteiger partial charge in [0.1, 0.15) is 150 Å². The topological polar surface area (TPSA) is 671 Å². The van der Waals surface area contributed by atoms with E-state index in [2.05, 4.69) is 47.9 Å². The van der Waals surface area contributed by atoms with E-state index < -0.39 is 315 Å². The number of amides is 9. The lowest BCUT2D eigenvalue weighted by molar-refractivity contribution is -0.284. The molecule has 0 spiro atoms. The van der Waals surface area contributed by atoms with E-state index in [4.69, 9.17) is 71.6 Å². The molecule has 16 rings (SSSR count). The average molecular weight is 1920 g/mol. The summed E-state index contributed by atoms with van der Waals surface area (Å²) in [5.41, 5.74) is 2.72. The second-order valence-corrected chi connectivity index (χ2v) is 34.2. The molecule has 3 fully saturated rings. The molecule has 17 bridgehead atoms. The number of nitrogens with two attached hydrogens (primary N) is 1. The van der Waals surface area contributed by atoms with E-state index >= 15 is 24.0 Å². The van der Waals surface area contributed by atoms with Crippen LogP contribution in [0.5, 0.6) is 69.0 Å². The van der Waals surface area contributed by atoms with Crippen molar-refractivity contribution < 1.29 is 162 Å². The number of hydrogen-bond acceptors (Lipinski definition) is 33. The summed E-state index contributed by atoms with van der Waals surface area (Å²) in [5, 5.41) is 183. The van der Waals surface area contributed by atoms with Crippen LogP contribution < -0.4 is 77.3 Å². The van der Waals surface area contributed by atoms with E-state index in [1.54, 1.807) is 0 Å². The quantitative estimate of drug-likeness (QED) is 0.0451. The largest absolute Gasteiger partial charge is 0.508 e. The molecule has 9 heterocycles. The van der Waals surface area contributed by atoms with Gasteiger partial charge in [-0.25, -0.2) is 4.79 Å². The van der Waals surface area contributed by atoms with Crippen molar-refractivity contribution in [2.45, 2.75) is 219 Å². The average Bonchev–Trinajstić information content (AvgIpc) is 0.763. The number of benzene rings is 7. The molecule has 9 aliphatic rings. The molecule has 7 aromatic carbocycles. The van der Waals surface area contributed by atoms with Crippen molar-refractivity contribution in [3.05, 3.63) is 164 Å². The Balaban J connectivity index is 1.05. The summed E-state index contributed by atoms with van der Waals surface area (Å²) in [6, 6.07) is 0.382. The van der Waals surface area contributed by atoms with Gasteiger partial charge in [0.05, 0.1) is 23.3 Å². The minimum atomic E-state index is -2.60. The van der Waals surface area contributed by atoms with Crippen LogP contribution >= 0.6 is 23.2 Å². The number of carbonyl (C=O) groups is 10. The molecule has 43 nitrogen and oxygen atoms in total.